The maximum Gasteiger partial charge on any atom is 0.338 e. The molecular weight excluding hydrogens is 398 g/mol. The lowest BCUT2D eigenvalue weighted by Crippen LogP contribution is -2.39. The number of esters is 1. The van der Waals surface area contributed by atoms with Gasteiger partial charge in [-0.15, -0.1) is 0 Å². The quantitative estimate of drug-likeness (QED) is 0.498. The van der Waals surface area contributed by atoms with Gasteiger partial charge in [-0.05, 0) is 55.0 Å². The Balaban J connectivity index is 1.50. The summed E-state index contributed by atoms with van der Waals surface area (Å²) < 4.78 is 10.3. The second-order valence-electron chi connectivity index (χ2n) is 7.27. The van der Waals surface area contributed by atoms with Gasteiger partial charge in [0.05, 0.1) is 25.3 Å². The summed E-state index contributed by atoms with van der Waals surface area (Å²) in [6.07, 6.45) is 2.00. The topological polar surface area (TPSA) is 97.0 Å². The first kappa shape index (κ1) is 22.1. The number of urea groups is 1. The lowest BCUT2D eigenvalue weighted by Gasteiger charge is -2.18. The number of nitrogens with zero attached hydrogens (tertiary/aromatic N) is 1. The second-order valence-corrected chi connectivity index (χ2v) is 7.27. The van der Waals surface area contributed by atoms with E-state index in [0.29, 0.717) is 30.2 Å². The first-order valence-electron chi connectivity index (χ1n) is 10.3. The lowest BCUT2D eigenvalue weighted by molar-refractivity contribution is -0.117. The summed E-state index contributed by atoms with van der Waals surface area (Å²) in [5.74, 6) is 0.277. The molecule has 1 unspecified atom stereocenters. The first-order chi connectivity index (χ1) is 15.0. The highest BCUT2D eigenvalue weighted by molar-refractivity contribution is 5.98. The van der Waals surface area contributed by atoms with Crippen molar-refractivity contribution in [3.05, 3.63) is 54.1 Å². The number of amides is 3. The number of hydrogen-bond donors (Lipinski definition) is 2. The highest BCUT2D eigenvalue weighted by atomic mass is 16.5. The van der Waals surface area contributed by atoms with E-state index in [9.17, 15) is 14.4 Å². The lowest BCUT2D eigenvalue weighted by atomic mass is 10.2. The number of nitrogens with one attached hydrogen (secondary N) is 2. The van der Waals surface area contributed by atoms with E-state index in [4.69, 9.17) is 9.47 Å². The van der Waals surface area contributed by atoms with Gasteiger partial charge in [-0.3, -0.25) is 4.79 Å². The fourth-order valence-corrected chi connectivity index (χ4v) is 3.25. The summed E-state index contributed by atoms with van der Waals surface area (Å²) >= 11 is 0. The van der Waals surface area contributed by atoms with Crippen molar-refractivity contribution >= 4 is 29.3 Å². The zero-order valence-corrected chi connectivity index (χ0v) is 17.7. The van der Waals surface area contributed by atoms with E-state index in [2.05, 4.69) is 10.6 Å². The Kier molecular flexibility index (Phi) is 7.48. The van der Waals surface area contributed by atoms with Crippen LogP contribution < -0.4 is 20.3 Å². The molecule has 1 aliphatic heterocycles. The van der Waals surface area contributed by atoms with E-state index in [-0.39, 0.29) is 24.3 Å². The van der Waals surface area contributed by atoms with E-state index in [1.807, 2.05) is 19.1 Å². The van der Waals surface area contributed by atoms with Gasteiger partial charge in [0.15, 0.2) is 0 Å². The number of benzene rings is 2. The van der Waals surface area contributed by atoms with Crippen molar-refractivity contribution in [3.8, 4) is 5.75 Å². The van der Waals surface area contributed by atoms with Crippen molar-refractivity contribution in [2.75, 3.05) is 30.5 Å². The molecule has 1 heterocycles. The summed E-state index contributed by atoms with van der Waals surface area (Å²) in [5.41, 5.74) is 1.73. The third-order valence-electron chi connectivity index (χ3n) is 4.95. The van der Waals surface area contributed by atoms with Crippen LogP contribution in [-0.2, 0) is 9.53 Å². The highest BCUT2D eigenvalue weighted by Gasteiger charge is 2.31. The van der Waals surface area contributed by atoms with Crippen molar-refractivity contribution in [3.63, 3.8) is 0 Å². The molecule has 0 radical (unpaired) electrons. The molecule has 2 N–H and O–H groups in total. The Hall–Kier alpha value is -3.55. The predicted molar refractivity (Wildman–Crippen MR) is 118 cm³/mol. The van der Waals surface area contributed by atoms with Crippen LogP contribution in [0.2, 0.25) is 0 Å². The molecule has 0 saturated carbocycles. The SMILES string of the molecule is CCCCOC(=O)c1ccc(NC(=O)NC2CC(=O)N(c3ccc(OC)cc3)C2)cc1. The molecule has 3 rings (SSSR count). The molecule has 2 aromatic carbocycles. The zero-order chi connectivity index (χ0) is 22.2. The van der Waals surface area contributed by atoms with Gasteiger partial charge in [0.2, 0.25) is 5.91 Å². The molecule has 1 atom stereocenters. The molecule has 164 valence electrons. The molecular formula is C23H27N3O5. The van der Waals surface area contributed by atoms with E-state index in [0.717, 1.165) is 18.5 Å². The van der Waals surface area contributed by atoms with Crippen LogP contribution in [0.25, 0.3) is 0 Å². The maximum absolute atomic E-state index is 12.4. The number of ether oxygens (including phenoxy) is 2. The van der Waals surface area contributed by atoms with Crippen molar-refractivity contribution in [2.24, 2.45) is 0 Å². The molecule has 1 saturated heterocycles. The van der Waals surface area contributed by atoms with E-state index < -0.39 is 6.03 Å². The van der Waals surface area contributed by atoms with Gasteiger partial charge in [0.25, 0.3) is 0 Å². The minimum absolute atomic E-state index is 0.0543. The normalized spacial score (nSPS) is 15.5. The monoisotopic (exact) mass is 425 g/mol. The third-order valence-corrected chi connectivity index (χ3v) is 4.95. The van der Waals surface area contributed by atoms with Crippen LogP contribution in [0.4, 0.5) is 16.2 Å². The molecule has 8 heteroatoms. The smallest absolute Gasteiger partial charge is 0.338 e. The van der Waals surface area contributed by atoms with Crippen molar-refractivity contribution in [2.45, 2.75) is 32.2 Å². The molecule has 1 fully saturated rings. The van der Waals surface area contributed by atoms with Gasteiger partial charge in [-0.1, -0.05) is 13.3 Å². The summed E-state index contributed by atoms with van der Waals surface area (Å²) in [5, 5.41) is 5.55. The molecule has 31 heavy (non-hydrogen) atoms. The molecule has 2 aromatic rings. The number of anilines is 2. The Bertz CT molecular complexity index is 912. The molecule has 0 aromatic heterocycles. The van der Waals surface area contributed by atoms with E-state index >= 15 is 0 Å². The van der Waals surface area contributed by atoms with Gasteiger partial charge < -0.3 is 25.0 Å². The van der Waals surface area contributed by atoms with E-state index in [1.54, 1.807) is 48.4 Å². The number of carbonyl (C=O) groups is 3. The van der Waals surface area contributed by atoms with Gasteiger partial charge in [0.1, 0.15) is 5.75 Å². The third kappa shape index (κ3) is 5.97. The number of unbranched alkanes of at least 4 members (excludes halogenated alkanes) is 1. The summed E-state index contributed by atoms with van der Waals surface area (Å²) in [6.45, 7) is 2.81. The number of rotatable bonds is 8. The maximum atomic E-state index is 12.4. The number of carbonyl (C=O) groups excluding carboxylic acids is 3. The molecule has 8 nitrogen and oxygen atoms in total. The molecule has 3 amide bonds. The minimum Gasteiger partial charge on any atom is -0.497 e. The molecule has 0 aliphatic carbocycles. The second kappa shape index (κ2) is 10.5. The summed E-state index contributed by atoms with van der Waals surface area (Å²) in [6, 6.07) is 13.0. The molecule has 0 spiro atoms. The number of methoxy groups -OCH3 is 1. The average molecular weight is 425 g/mol. The van der Waals surface area contributed by atoms with Gasteiger partial charge in [-0.2, -0.15) is 0 Å². The van der Waals surface area contributed by atoms with Crippen molar-refractivity contribution in [1.29, 1.82) is 0 Å². The van der Waals surface area contributed by atoms with Crippen LogP contribution in [0, 0.1) is 0 Å². The Morgan fingerprint density at radius 1 is 1.10 bits per heavy atom. The first-order valence-corrected chi connectivity index (χ1v) is 10.3. The average Bonchev–Trinajstić information content (AvgIpc) is 3.14. The van der Waals surface area contributed by atoms with Gasteiger partial charge in [0, 0.05) is 24.3 Å². The fourth-order valence-electron chi connectivity index (χ4n) is 3.25. The zero-order valence-electron chi connectivity index (χ0n) is 17.7. The Morgan fingerprint density at radius 2 is 1.81 bits per heavy atom. The Morgan fingerprint density at radius 3 is 2.45 bits per heavy atom. The van der Waals surface area contributed by atoms with Crippen LogP contribution in [-0.4, -0.2) is 44.2 Å². The fraction of sp³-hybridized carbons (Fsp3) is 0.348. The van der Waals surface area contributed by atoms with Crippen molar-refractivity contribution in [1.82, 2.24) is 5.32 Å². The van der Waals surface area contributed by atoms with Gasteiger partial charge in [-0.25, -0.2) is 9.59 Å². The minimum atomic E-state index is -0.410. The summed E-state index contributed by atoms with van der Waals surface area (Å²) in [4.78, 5) is 38.3. The van der Waals surface area contributed by atoms with Gasteiger partial charge >= 0.3 is 12.0 Å². The number of hydrogen-bond acceptors (Lipinski definition) is 5. The summed E-state index contributed by atoms with van der Waals surface area (Å²) in [7, 11) is 1.58. The van der Waals surface area contributed by atoms with Crippen LogP contribution in [0.1, 0.15) is 36.5 Å². The molecule has 1 aliphatic rings. The largest absolute Gasteiger partial charge is 0.497 e. The van der Waals surface area contributed by atoms with Crippen LogP contribution in [0.5, 0.6) is 5.75 Å². The molecule has 0 bridgehead atoms. The predicted octanol–water partition coefficient (Wildman–Crippen LogP) is 3.58. The van der Waals surface area contributed by atoms with Crippen LogP contribution in [0.3, 0.4) is 0 Å². The van der Waals surface area contributed by atoms with E-state index in [1.165, 1.54) is 0 Å². The van der Waals surface area contributed by atoms with Crippen LogP contribution in [0.15, 0.2) is 48.5 Å². The highest BCUT2D eigenvalue weighted by Crippen LogP contribution is 2.24. The Labute approximate surface area is 181 Å². The van der Waals surface area contributed by atoms with Crippen LogP contribution >= 0.6 is 0 Å². The van der Waals surface area contributed by atoms with Crippen molar-refractivity contribution < 1.29 is 23.9 Å². The standard InChI is InChI=1S/C23H27N3O5/c1-3-4-13-31-22(28)16-5-7-17(8-6-16)24-23(29)25-18-14-21(27)26(15-18)19-9-11-20(30-2)12-10-19/h5-12,18H,3-4,13-15H2,1-2H3,(H2,24,25,29).